The molecule has 0 radical (unpaired) electrons. The summed E-state index contributed by atoms with van der Waals surface area (Å²) in [5.74, 6) is 1.45. The van der Waals surface area contributed by atoms with Crippen LogP contribution in [0.1, 0.15) is 5.56 Å². The van der Waals surface area contributed by atoms with E-state index in [1.54, 1.807) is 0 Å². The molecule has 4 rings (SSSR count). The fourth-order valence-corrected chi connectivity index (χ4v) is 4.77. The molecule has 0 saturated carbocycles. The SMILES string of the molecule is NCCNc1cc(N2CC[S+]([O-])c3ccccc3C2)nc2ccc(Cl)cc12. The number of nitrogens with one attached hydrogen (secondary N) is 1. The Kier molecular flexibility index (Phi) is 5.41. The van der Waals surface area contributed by atoms with Gasteiger partial charge in [0.1, 0.15) is 11.6 Å². The summed E-state index contributed by atoms with van der Waals surface area (Å²) in [7, 11) is 0. The highest BCUT2D eigenvalue weighted by Gasteiger charge is 2.24. The monoisotopic (exact) mass is 400 g/mol. The van der Waals surface area contributed by atoms with Gasteiger partial charge in [-0.2, -0.15) is 0 Å². The molecule has 0 bridgehead atoms. The molecule has 1 aromatic heterocycles. The second kappa shape index (κ2) is 7.94. The van der Waals surface area contributed by atoms with E-state index in [4.69, 9.17) is 22.3 Å². The predicted octanol–water partition coefficient (Wildman–Crippen LogP) is 3.39. The molecule has 5 nitrogen and oxygen atoms in total. The first-order chi connectivity index (χ1) is 13.2. The number of aromatic nitrogens is 1. The van der Waals surface area contributed by atoms with Crippen molar-refractivity contribution in [3.8, 4) is 0 Å². The third kappa shape index (κ3) is 3.84. The summed E-state index contributed by atoms with van der Waals surface area (Å²) >= 11 is 5.20. The number of hydrogen-bond acceptors (Lipinski definition) is 5. The van der Waals surface area contributed by atoms with Gasteiger partial charge >= 0.3 is 0 Å². The van der Waals surface area contributed by atoms with Gasteiger partial charge in [0, 0.05) is 47.4 Å². The van der Waals surface area contributed by atoms with Crippen molar-refractivity contribution in [1.29, 1.82) is 0 Å². The molecule has 0 saturated heterocycles. The topological polar surface area (TPSA) is 77.2 Å². The third-order valence-electron chi connectivity index (χ3n) is 4.67. The summed E-state index contributed by atoms with van der Waals surface area (Å²) in [6.07, 6.45) is 0. The summed E-state index contributed by atoms with van der Waals surface area (Å²) < 4.78 is 12.6. The quantitative estimate of drug-likeness (QED) is 0.656. The molecule has 3 N–H and O–H groups in total. The summed E-state index contributed by atoms with van der Waals surface area (Å²) in [6.45, 7) is 2.57. The fourth-order valence-electron chi connectivity index (χ4n) is 3.34. The summed E-state index contributed by atoms with van der Waals surface area (Å²) in [4.78, 5) is 7.96. The molecule has 1 aliphatic rings. The predicted molar refractivity (Wildman–Crippen MR) is 113 cm³/mol. The number of fused-ring (bicyclic) bond motifs is 2. The maximum absolute atomic E-state index is 12.6. The van der Waals surface area contributed by atoms with Crippen LogP contribution in [0.4, 0.5) is 11.5 Å². The molecule has 1 aliphatic heterocycles. The zero-order valence-corrected chi connectivity index (χ0v) is 16.4. The molecule has 0 aliphatic carbocycles. The van der Waals surface area contributed by atoms with Crippen molar-refractivity contribution in [1.82, 2.24) is 4.98 Å². The first-order valence-electron chi connectivity index (χ1n) is 8.91. The molecule has 2 heterocycles. The third-order valence-corrected chi connectivity index (χ3v) is 6.34. The zero-order chi connectivity index (χ0) is 18.8. The van der Waals surface area contributed by atoms with Gasteiger partial charge in [0.15, 0.2) is 4.90 Å². The van der Waals surface area contributed by atoms with Gasteiger partial charge in [-0.25, -0.2) is 4.98 Å². The lowest BCUT2D eigenvalue weighted by Gasteiger charge is -2.22. The number of nitrogens with zero attached hydrogens (tertiary/aromatic N) is 2. The van der Waals surface area contributed by atoms with Gasteiger partial charge in [-0.3, -0.25) is 0 Å². The van der Waals surface area contributed by atoms with Crippen LogP contribution in [0.2, 0.25) is 5.02 Å². The van der Waals surface area contributed by atoms with Crippen molar-refractivity contribution >= 4 is 45.2 Å². The highest BCUT2D eigenvalue weighted by atomic mass is 35.5. The molecule has 7 heteroatoms. The average Bonchev–Trinajstić information content (AvgIpc) is 2.85. The number of halogens is 1. The van der Waals surface area contributed by atoms with Crippen LogP contribution in [0.25, 0.3) is 10.9 Å². The van der Waals surface area contributed by atoms with Crippen LogP contribution in [-0.2, 0) is 17.7 Å². The van der Waals surface area contributed by atoms with Gasteiger partial charge < -0.3 is 20.5 Å². The normalized spacial score (nSPS) is 16.9. The highest BCUT2D eigenvalue weighted by molar-refractivity contribution is 7.91. The van der Waals surface area contributed by atoms with Gasteiger partial charge in [-0.05, 0) is 35.4 Å². The van der Waals surface area contributed by atoms with Crippen molar-refractivity contribution in [2.24, 2.45) is 5.73 Å². The van der Waals surface area contributed by atoms with Crippen molar-refractivity contribution in [2.45, 2.75) is 11.4 Å². The van der Waals surface area contributed by atoms with Crippen LogP contribution >= 0.6 is 11.6 Å². The first-order valence-corrected chi connectivity index (χ1v) is 10.6. The minimum atomic E-state index is -0.986. The van der Waals surface area contributed by atoms with E-state index in [9.17, 15) is 4.55 Å². The van der Waals surface area contributed by atoms with Gasteiger partial charge in [0.05, 0.1) is 12.1 Å². The van der Waals surface area contributed by atoms with E-state index in [0.717, 1.165) is 32.9 Å². The summed E-state index contributed by atoms with van der Waals surface area (Å²) in [6, 6.07) is 15.7. The van der Waals surface area contributed by atoms with Crippen LogP contribution in [0.3, 0.4) is 0 Å². The molecule has 2 aromatic carbocycles. The Morgan fingerprint density at radius 2 is 2.07 bits per heavy atom. The van der Waals surface area contributed by atoms with Crippen LogP contribution < -0.4 is 16.0 Å². The molecular formula is C20H21ClN4OS. The lowest BCUT2D eigenvalue weighted by Crippen LogP contribution is -2.26. The van der Waals surface area contributed by atoms with Crippen LogP contribution in [0, 0.1) is 0 Å². The standard InChI is InChI=1S/C20H21ClN4OS/c21-15-5-6-17-16(11-15)18(23-8-7-22)12-20(24-17)25-9-10-27(26)19-4-2-1-3-14(19)13-25/h1-6,11-12H,7-10,13,22H2,(H,23,24). The molecule has 1 unspecified atom stereocenters. The minimum Gasteiger partial charge on any atom is -0.611 e. The Balaban J connectivity index is 1.76. The molecule has 0 fully saturated rings. The van der Waals surface area contributed by atoms with Crippen molar-refractivity contribution in [2.75, 3.05) is 35.6 Å². The molecule has 27 heavy (non-hydrogen) atoms. The fraction of sp³-hybridized carbons (Fsp3) is 0.250. The first kappa shape index (κ1) is 18.4. The van der Waals surface area contributed by atoms with E-state index >= 15 is 0 Å². The molecule has 3 aromatic rings. The zero-order valence-electron chi connectivity index (χ0n) is 14.8. The highest BCUT2D eigenvalue weighted by Crippen LogP contribution is 2.31. The molecule has 0 amide bonds. The van der Waals surface area contributed by atoms with Gasteiger partial charge in [0.2, 0.25) is 0 Å². The average molecular weight is 401 g/mol. The number of rotatable bonds is 4. The van der Waals surface area contributed by atoms with Gasteiger partial charge in [0.25, 0.3) is 0 Å². The Morgan fingerprint density at radius 1 is 1.22 bits per heavy atom. The Morgan fingerprint density at radius 3 is 2.93 bits per heavy atom. The number of nitrogens with two attached hydrogens (primary N) is 1. The molecule has 0 spiro atoms. The number of anilines is 2. The van der Waals surface area contributed by atoms with Crippen LogP contribution in [-0.4, -0.2) is 34.9 Å². The maximum Gasteiger partial charge on any atom is 0.157 e. The smallest absolute Gasteiger partial charge is 0.157 e. The van der Waals surface area contributed by atoms with E-state index < -0.39 is 11.2 Å². The second-order valence-electron chi connectivity index (χ2n) is 6.48. The maximum atomic E-state index is 12.6. The summed E-state index contributed by atoms with van der Waals surface area (Å²) in [5.41, 5.74) is 8.59. The van der Waals surface area contributed by atoms with Crippen molar-refractivity contribution < 1.29 is 4.55 Å². The van der Waals surface area contributed by atoms with E-state index in [0.29, 0.717) is 37.0 Å². The molecule has 1 atom stereocenters. The Labute approximate surface area is 166 Å². The summed E-state index contributed by atoms with van der Waals surface area (Å²) in [5, 5.41) is 5.02. The molecular weight excluding hydrogens is 380 g/mol. The van der Waals surface area contributed by atoms with Crippen molar-refractivity contribution in [3.63, 3.8) is 0 Å². The van der Waals surface area contributed by atoms with Gasteiger partial charge in [-0.15, -0.1) is 0 Å². The Hall–Kier alpha value is -1.99. The van der Waals surface area contributed by atoms with E-state index in [1.165, 1.54) is 0 Å². The lowest BCUT2D eigenvalue weighted by molar-refractivity contribution is 0.595. The number of pyridine rings is 1. The van der Waals surface area contributed by atoms with Crippen LogP contribution in [0.5, 0.6) is 0 Å². The number of benzene rings is 2. The largest absolute Gasteiger partial charge is 0.611 e. The van der Waals surface area contributed by atoms with E-state index in [-0.39, 0.29) is 0 Å². The Bertz CT molecular complexity index is 968. The number of hydrogen-bond donors (Lipinski definition) is 2. The van der Waals surface area contributed by atoms with Crippen LogP contribution in [0.15, 0.2) is 53.4 Å². The lowest BCUT2D eigenvalue weighted by atomic mass is 10.1. The van der Waals surface area contributed by atoms with Crippen molar-refractivity contribution in [3.05, 3.63) is 59.1 Å². The second-order valence-corrected chi connectivity index (χ2v) is 8.46. The van der Waals surface area contributed by atoms with E-state index in [2.05, 4.69) is 10.2 Å². The van der Waals surface area contributed by atoms with E-state index in [1.807, 2.05) is 48.5 Å². The molecule has 140 valence electrons. The minimum absolute atomic E-state index is 0.537. The van der Waals surface area contributed by atoms with Gasteiger partial charge in [-0.1, -0.05) is 29.8 Å².